The Morgan fingerprint density at radius 3 is 2.43 bits per heavy atom. The molecular formula is C17H13ClN4O. The molecule has 0 aliphatic heterocycles. The number of nitrogens with zero attached hydrogens (tertiary/aromatic N) is 3. The van der Waals surface area contributed by atoms with Crippen molar-refractivity contribution in [3.05, 3.63) is 83.4 Å². The largest absolute Gasteiger partial charge is 0.345 e. The van der Waals surface area contributed by atoms with Gasteiger partial charge < -0.3 is 5.32 Å². The number of hydrogen-bond acceptors (Lipinski definition) is 2. The van der Waals surface area contributed by atoms with Gasteiger partial charge in [0, 0.05) is 16.9 Å². The zero-order valence-corrected chi connectivity index (χ0v) is 12.8. The van der Waals surface area contributed by atoms with Gasteiger partial charge in [0.2, 0.25) is 0 Å². The third kappa shape index (κ3) is 4.05. The van der Waals surface area contributed by atoms with E-state index in [1.54, 1.807) is 41.2 Å². The summed E-state index contributed by atoms with van der Waals surface area (Å²) in [7, 11) is 0. The Kier molecular flexibility index (Phi) is 4.49. The Bertz CT molecular complexity index is 853. The summed E-state index contributed by atoms with van der Waals surface area (Å²) in [6.07, 6.45) is 3.29. The van der Waals surface area contributed by atoms with Crippen LogP contribution in [0.4, 0.5) is 10.5 Å². The van der Waals surface area contributed by atoms with Gasteiger partial charge in [0.15, 0.2) is 0 Å². The molecule has 3 rings (SSSR count). The number of aromatic nitrogens is 2. The van der Waals surface area contributed by atoms with Crippen LogP contribution in [-0.2, 0) is 0 Å². The molecule has 0 spiro atoms. The number of anilines is 1. The van der Waals surface area contributed by atoms with Crippen LogP contribution in [0.2, 0.25) is 5.02 Å². The molecular weight excluding hydrogens is 312 g/mol. The monoisotopic (exact) mass is 324 g/mol. The molecule has 0 unspecified atom stereocenters. The fourth-order valence-electron chi connectivity index (χ4n) is 1.95. The lowest BCUT2D eigenvalue weighted by atomic mass is 10.3. The second-order valence-electron chi connectivity index (χ2n) is 4.71. The van der Waals surface area contributed by atoms with Crippen molar-refractivity contribution in [1.29, 1.82) is 0 Å². The van der Waals surface area contributed by atoms with Crippen LogP contribution in [0.15, 0.2) is 78.0 Å². The number of nitrogens with one attached hydrogen (secondary N) is 1. The molecule has 5 nitrogen and oxygen atoms in total. The molecule has 6 heteroatoms. The van der Waals surface area contributed by atoms with Crippen LogP contribution in [-0.4, -0.2) is 15.8 Å². The van der Waals surface area contributed by atoms with Crippen LogP contribution in [0.3, 0.4) is 0 Å². The highest BCUT2D eigenvalue weighted by molar-refractivity contribution is 6.30. The van der Waals surface area contributed by atoms with Gasteiger partial charge in [-0.15, -0.1) is 0 Å². The minimum Gasteiger partial charge on any atom is -0.306 e. The fourth-order valence-corrected chi connectivity index (χ4v) is 2.08. The van der Waals surface area contributed by atoms with Gasteiger partial charge in [0.25, 0.3) is 0 Å². The minimum absolute atomic E-state index is 0.466. The quantitative estimate of drug-likeness (QED) is 0.782. The van der Waals surface area contributed by atoms with Crippen molar-refractivity contribution in [3.63, 3.8) is 0 Å². The smallest absolute Gasteiger partial charge is 0.306 e. The molecule has 1 N–H and O–H groups in total. The van der Waals surface area contributed by atoms with Crippen molar-refractivity contribution in [2.75, 3.05) is 5.32 Å². The van der Waals surface area contributed by atoms with Crippen molar-refractivity contribution in [2.24, 2.45) is 4.99 Å². The van der Waals surface area contributed by atoms with E-state index in [9.17, 15) is 4.79 Å². The molecule has 0 radical (unpaired) electrons. The van der Waals surface area contributed by atoms with E-state index in [1.807, 2.05) is 30.3 Å². The highest BCUT2D eigenvalue weighted by Gasteiger charge is 1.99. The third-order valence-corrected chi connectivity index (χ3v) is 3.30. The normalized spacial score (nSPS) is 11.3. The Morgan fingerprint density at radius 1 is 1.04 bits per heavy atom. The van der Waals surface area contributed by atoms with Crippen LogP contribution < -0.4 is 10.7 Å². The van der Waals surface area contributed by atoms with Gasteiger partial charge in [-0.25, -0.2) is 9.48 Å². The van der Waals surface area contributed by atoms with Crippen LogP contribution >= 0.6 is 11.6 Å². The molecule has 0 bridgehead atoms. The van der Waals surface area contributed by atoms with E-state index in [2.05, 4.69) is 15.4 Å². The van der Waals surface area contributed by atoms with E-state index in [1.165, 1.54) is 6.20 Å². The highest BCUT2D eigenvalue weighted by Crippen LogP contribution is 2.13. The second-order valence-corrected chi connectivity index (χ2v) is 5.15. The van der Waals surface area contributed by atoms with Gasteiger partial charge in [-0.2, -0.15) is 10.1 Å². The summed E-state index contributed by atoms with van der Waals surface area (Å²) >= 11 is 5.80. The molecule has 2 amide bonds. The summed E-state index contributed by atoms with van der Waals surface area (Å²) in [5.41, 5.74) is 1.57. The average molecular weight is 325 g/mol. The van der Waals surface area contributed by atoms with E-state index >= 15 is 0 Å². The molecule has 2 aromatic carbocycles. The van der Waals surface area contributed by atoms with Crippen LogP contribution in [0.5, 0.6) is 0 Å². The standard InChI is InChI=1S/C17H13ClN4O/c18-13-6-8-14(9-7-13)20-17(23)21-15-10-11-22(19-12-15)16-4-2-1-3-5-16/h1-12H,(H,20,23)/b21-15+. The zero-order valence-electron chi connectivity index (χ0n) is 12.1. The predicted octanol–water partition coefficient (Wildman–Crippen LogP) is 3.66. The summed E-state index contributed by atoms with van der Waals surface area (Å²) in [6.45, 7) is 0. The number of rotatable bonds is 2. The molecule has 1 heterocycles. The maximum absolute atomic E-state index is 11.9. The average Bonchev–Trinajstić information content (AvgIpc) is 2.58. The minimum atomic E-state index is -0.466. The highest BCUT2D eigenvalue weighted by atomic mass is 35.5. The lowest BCUT2D eigenvalue weighted by Gasteiger charge is -2.03. The second kappa shape index (κ2) is 6.89. The Hall–Kier alpha value is -2.92. The van der Waals surface area contributed by atoms with Gasteiger partial charge in [-0.1, -0.05) is 29.8 Å². The van der Waals surface area contributed by atoms with Crippen molar-refractivity contribution >= 4 is 23.3 Å². The zero-order chi connectivity index (χ0) is 16.1. The Labute approximate surface area is 137 Å². The predicted molar refractivity (Wildman–Crippen MR) is 89.6 cm³/mol. The molecule has 3 aromatic rings. The number of amides is 2. The maximum Gasteiger partial charge on any atom is 0.345 e. The van der Waals surface area contributed by atoms with Crippen LogP contribution in [0, 0.1) is 0 Å². The molecule has 0 aliphatic rings. The number of urea groups is 1. The number of carbonyl (C=O) groups excluding carboxylic acids is 1. The van der Waals surface area contributed by atoms with E-state index < -0.39 is 6.03 Å². The Balaban J connectivity index is 1.74. The first kappa shape index (κ1) is 15.0. The number of carbonyl (C=O) groups is 1. The molecule has 0 saturated carbocycles. The van der Waals surface area contributed by atoms with Gasteiger partial charge in [0.1, 0.15) is 0 Å². The Morgan fingerprint density at radius 2 is 1.78 bits per heavy atom. The van der Waals surface area contributed by atoms with E-state index in [0.717, 1.165) is 5.69 Å². The van der Waals surface area contributed by atoms with Crippen molar-refractivity contribution in [3.8, 4) is 5.69 Å². The molecule has 0 aliphatic carbocycles. The molecule has 0 saturated heterocycles. The first-order valence-corrected chi connectivity index (χ1v) is 7.30. The lowest BCUT2D eigenvalue weighted by Crippen LogP contribution is -2.14. The molecule has 0 atom stereocenters. The van der Waals surface area contributed by atoms with Gasteiger partial charge in [-0.05, 0) is 42.5 Å². The number of halogens is 1. The summed E-state index contributed by atoms with van der Waals surface area (Å²) in [5.74, 6) is 0. The third-order valence-electron chi connectivity index (χ3n) is 3.05. The number of benzene rings is 2. The maximum atomic E-state index is 11.9. The first-order valence-electron chi connectivity index (χ1n) is 6.92. The van der Waals surface area contributed by atoms with E-state index in [-0.39, 0.29) is 0 Å². The van der Waals surface area contributed by atoms with E-state index in [0.29, 0.717) is 16.1 Å². The number of para-hydroxylation sites is 1. The van der Waals surface area contributed by atoms with Crippen LogP contribution in [0.25, 0.3) is 5.69 Å². The van der Waals surface area contributed by atoms with Gasteiger partial charge in [-0.3, -0.25) is 0 Å². The molecule has 114 valence electrons. The summed E-state index contributed by atoms with van der Waals surface area (Å²) in [4.78, 5) is 15.8. The number of hydrogen-bond donors (Lipinski definition) is 1. The van der Waals surface area contributed by atoms with Crippen LogP contribution in [0.1, 0.15) is 0 Å². The summed E-state index contributed by atoms with van der Waals surface area (Å²) in [5, 5.41) is 8.00. The van der Waals surface area contributed by atoms with Crippen molar-refractivity contribution in [1.82, 2.24) is 9.78 Å². The van der Waals surface area contributed by atoms with Crippen molar-refractivity contribution < 1.29 is 4.79 Å². The topological polar surface area (TPSA) is 59.3 Å². The molecule has 23 heavy (non-hydrogen) atoms. The lowest BCUT2D eigenvalue weighted by molar-refractivity contribution is 0.259. The summed E-state index contributed by atoms with van der Waals surface area (Å²) in [6, 6.07) is 17.8. The summed E-state index contributed by atoms with van der Waals surface area (Å²) < 4.78 is 1.70. The van der Waals surface area contributed by atoms with E-state index in [4.69, 9.17) is 11.6 Å². The molecule has 0 fully saturated rings. The SMILES string of the molecule is O=C(/N=c1\ccn(-c2ccccc2)nc1)Nc1ccc(Cl)cc1. The van der Waals surface area contributed by atoms with Gasteiger partial charge in [0.05, 0.1) is 17.2 Å². The fraction of sp³-hybridized carbons (Fsp3) is 0. The molecule has 1 aromatic heterocycles. The first-order chi connectivity index (χ1) is 11.2. The van der Waals surface area contributed by atoms with Gasteiger partial charge >= 0.3 is 6.03 Å². The van der Waals surface area contributed by atoms with Crippen molar-refractivity contribution in [2.45, 2.75) is 0 Å².